The van der Waals surface area contributed by atoms with E-state index in [4.69, 9.17) is 39.5 Å². The summed E-state index contributed by atoms with van der Waals surface area (Å²) in [4.78, 5) is 24.6. The molecule has 0 radical (unpaired) electrons. The Bertz CT molecular complexity index is 836. The monoisotopic (exact) mass is 456 g/mol. The largest absolute Gasteiger partial charge is 0.462 e. The van der Waals surface area contributed by atoms with E-state index < -0.39 is 15.9 Å². The molecule has 0 aliphatic heterocycles. The van der Waals surface area contributed by atoms with E-state index in [0.29, 0.717) is 23.4 Å². The van der Waals surface area contributed by atoms with Crippen LogP contribution in [0, 0.1) is 6.92 Å². The SMILES string of the molecule is CCCCOC(=O)c1ccc(NC(NC(=O)c2ccccc2C)C(Cl)(Cl)Cl)cc1. The Balaban J connectivity index is 2.08. The molecule has 2 aromatic carbocycles. The zero-order valence-corrected chi connectivity index (χ0v) is 18.4. The second-order valence-corrected chi connectivity index (χ2v) is 8.84. The second-order valence-electron chi connectivity index (χ2n) is 6.47. The molecular weight excluding hydrogens is 435 g/mol. The fraction of sp³-hybridized carbons (Fsp3) is 0.333. The highest BCUT2D eigenvalue weighted by Crippen LogP contribution is 2.31. The summed E-state index contributed by atoms with van der Waals surface area (Å²) in [5, 5.41) is 5.67. The summed E-state index contributed by atoms with van der Waals surface area (Å²) in [5.74, 6) is -0.765. The van der Waals surface area contributed by atoms with E-state index in [2.05, 4.69) is 10.6 Å². The minimum atomic E-state index is -1.81. The molecule has 0 aliphatic carbocycles. The van der Waals surface area contributed by atoms with Crippen LogP contribution in [0.2, 0.25) is 0 Å². The Kier molecular flexibility index (Phi) is 8.62. The average molecular weight is 458 g/mol. The highest BCUT2D eigenvalue weighted by atomic mass is 35.6. The summed E-state index contributed by atoms with van der Waals surface area (Å²) in [7, 11) is 0. The number of ether oxygens (including phenoxy) is 1. The number of carbonyl (C=O) groups is 2. The molecule has 156 valence electrons. The fourth-order valence-electron chi connectivity index (χ4n) is 2.50. The van der Waals surface area contributed by atoms with Gasteiger partial charge < -0.3 is 15.4 Å². The molecular formula is C21H23Cl3N2O3. The van der Waals surface area contributed by atoms with E-state index in [9.17, 15) is 9.59 Å². The van der Waals surface area contributed by atoms with Gasteiger partial charge in [0.2, 0.25) is 3.79 Å². The van der Waals surface area contributed by atoms with Crippen LogP contribution < -0.4 is 10.6 Å². The van der Waals surface area contributed by atoms with Crippen LogP contribution in [0.5, 0.6) is 0 Å². The van der Waals surface area contributed by atoms with Crippen molar-refractivity contribution < 1.29 is 14.3 Å². The number of carbonyl (C=O) groups excluding carboxylic acids is 2. The van der Waals surface area contributed by atoms with Crippen LogP contribution in [-0.2, 0) is 4.74 Å². The van der Waals surface area contributed by atoms with Crippen molar-refractivity contribution in [2.45, 2.75) is 36.6 Å². The van der Waals surface area contributed by atoms with E-state index in [1.54, 1.807) is 36.4 Å². The molecule has 0 fully saturated rings. The predicted octanol–water partition coefficient (Wildman–Crippen LogP) is 5.49. The molecule has 2 N–H and O–H groups in total. The van der Waals surface area contributed by atoms with Crippen molar-refractivity contribution >= 4 is 52.4 Å². The van der Waals surface area contributed by atoms with Gasteiger partial charge in [-0.05, 0) is 49.2 Å². The standard InChI is InChI=1S/C21H23Cl3N2O3/c1-3-4-13-29-19(28)15-9-11-16(12-10-15)25-20(21(22,23)24)26-18(27)17-8-6-5-7-14(17)2/h5-12,20,25H,3-4,13H2,1-2H3,(H,26,27). The summed E-state index contributed by atoms with van der Waals surface area (Å²) in [6, 6.07) is 13.6. The Morgan fingerprint density at radius 2 is 1.72 bits per heavy atom. The van der Waals surface area contributed by atoms with Crippen molar-refractivity contribution in [2.75, 3.05) is 11.9 Å². The molecule has 1 unspecified atom stereocenters. The van der Waals surface area contributed by atoms with Crippen LogP contribution in [-0.4, -0.2) is 28.4 Å². The van der Waals surface area contributed by atoms with E-state index in [1.807, 2.05) is 26.0 Å². The first-order chi connectivity index (χ1) is 13.7. The van der Waals surface area contributed by atoms with Gasteiger partial charge in [0.05, 0.1) is 12.2 Å². The van der Waals surface area contributed by atoms with Gasteiger partial charge in [-0.15, -0.1) is 0 Å². The summed E-state index contributed by atoms with van der Waals surface area (Å²) < 4.78 is 3.37. The van der Waals surface area contributed by atoms with Crippen LogP contribution in [0.4, 0.5) is 5.69 Å². The third kappa shape index (κ3) is 7.11. The van der Waals surface area contributed by atoms with E-state index in [0.717, 1.165) is 18.4 Å². The number of esters is 1. The Morgan fingerprint density at radius 1 is 1.07 bits per heavy atom. The third-order valence-electron chi connectivity index (χ3n) is 4.16. The Hall–Kier alpha value is -1.95. The van der Waals surface area contributed by atoms with Gasteiger partial charge in [-0.25, -0.2) is 4.79 Å². The number of benzene rings is 2. The van der Waals surface area contributed by atoms with Gasteiger partial charge in [-0.2, -0.15) is 0 Å². The Labute approximate surface area is 185 Å². The zero-order valence-electron chi connectivity index (χ0n) is 16.2. The fourth-order valence-corrected chi connectivity index (χ4v) is 2.83. The highest BCUT2D eigenvalue weighted by Gasteiger charge is 2.34. The molecule has 29 heavy (non-hydrogen) atoms. The number of hydrogen-bond donors (Lipinski definition) is 2. The maximum Gasteiger partial charge on any atom is 0.338 e. The molecule has 2 rings (SSSR count). The first kappa shape index (κ1) is 23.3. The van der Waals surface area contributed by atoms with Gasteiger partial charge in [0, 0.05) is 11.3 Å². The van der Waals surface area contributed by atoms with Gasteiger partial charge >= 0.3 is 5.97 Å². The van der Waals surface area contributed by atoms with Gasteiger partial charge in [-0.1, -0.05) is 66.3 Å². The smallest absolute Gasteiger partial charge is 0.338 e. The number of rotatable bonds is 8. The van der Waals surface area contributed by atoms with Crippen LogP contribution in [0.25, 0.3) is 0 Å². The van der Waals surface area contributed by atoms with Crippen molar-refractivity contribution in [3.63, 3.8) is 0 Å². The number of amides is 1. The molecule has 1 amide bonds. The van der Waals surface area contributed by atoms with Crippen molar-refractivity contribution in [1.29, 1.82) is 0 Å². The molecule has 0 heterocycles. The summed E-state index contributed by atoms with van der Waals surface area (Å²) in [6.45, 7) is 4.23. The summed E-state index contributed by atoms with van der Waals surface area (Å²) in [6.07, 6.45) is 0.765. The predicted molar refractivity (Wildman–Crippen MR) is 118 cm³/mol. The Morgan fingerprint density at radius 3 is 2.31 bits per heavy atom. The van der Waals surface area contributed by atoms with Crippen molar-refractivity contribution in [3.05, 3.63) is 65.2 Å². The van der Waals surface area contributed by atoms with Gasteiger partial charge in [0.1, 0.15) is 6.17 Å². The minimum absolute atomic E-state index is 0.372. The number of anilines is 1. The molecule has 8 heteroatoms. The minimum Gasteiger partial charge on any atom is -0.462 e. The molecule has 5 nitrogen and oxygen atoms in total. The first-order valence-corrected chi connectivity index (χ1v) is 10.3. The molecule has 1 atom stereocenters. The van der Waals surface area contributed by atoms with Gasteiger partial charge in [0.15, 0.2) is 0 Å². The zero-order chi connectivity index (χ0) is 21.4. The number of unbranched alkanes of at least 4 members (excludes halogenated alkanes) is 1. The van der Waals surface area contributed by atoms with Crippen LogP contribution in [0.1, 0.15) is 46.0 Å². The molecule has 0 aliphatic rings. The molecule has 0 saturated carbocycles. The number of halogens is 3. The van der Waals surface area contributed by atoms with E-state index in [1.165, 1.54) is 0 Å². The maximum atomic E-state index is 12.6. The number of hydrogen-bond acceptors (Lipinski definition) is 4. The highest BCUT2D eigenvalue weighted by molar-refractivity contribution is 6.68. The van der Waals surface area contributed by atoms with Gasteiger partial charge in [-0.3, -0.25) is 4.79 Å². The first-order valence-electron chi connectivity index (χ1n) is 9.19. The number of aryl methyl sites for hydroxylation is 1. The van der Waals surface area contributed by atoms with Crippen molar-refractivity contribution in [3.8, 4) is 0 Å². The third-order valence-corrected chi connectivity index (χ3v) is 4.81. The normalized spacial score (nSPS) is 12.2. The van der Waals surface area contributed by atoms with Crippen molar-refractivity contribution in [1.82, 2.24) is 5.32 Å². The molecule has 0 spiro atoms. The average Bonchev–Trinajstić information content (AvgIpc) is 2.67. The maximum absolute atomic E-state index is 12.6. The van der Waals surface area contributed by atoms with Crippen LogP contribution in [0.15, 0.2) is 48.5 Å². The van der Waals surface area contributed by atoms with E-state index >= 15 is 0 Å². The lowest BCUT2D eigenvalue weighted by Gasteiger charge is -2.27. The lowest BCUT2D eigenvalue weighted by atomic mass is 10.1. The molecule has 0 saturated heterocycles. The topological polar surface area (TPSA) is 67.4 Å². The number of alkyl halides is 3. The molecule has 0 aromatic heterocycles. The van der Waals surface area contributed by atoms with Crippen LogP contribution >= 0.6 is 34.8 Å². The lowest BCUT2D eigenvalue weighted by molar-refractivity contribution is 0.0499. The quantitative estimate of drug-likeness (QED) is 0.238. The molecule has 2 aromatic rings. The second kappa shape index (κ2) is 10.7. The van der Waals surface area contributed by atoms with E-state index in [-0.39, 0.29) is 5.91 Å². The molecule has 0 bridgehead atoms. The lowest BCUT2D eigenvalue weighted by Crippen LogP contribution is -2.49. The van der Waals surface area contributed by atoms with Crippen molar-refractivity contribution in [2.24, 2.45) is 0 Å². The number of nitrogens with one attached hydrogen (secondary N) is 2. The summed E-state index contributed by atoms with van der Waals surface area (Å²) in [5.41, 5.74) is 2.27. The van der Waals surface area contributed by atoms with Crippen LogP contribution in [0.3, 0.4) is 0 Å². The summed E-state index contributed by atoms with van der Waals surface area (Å²) >= 11 is 18.2. The van der Waals surface area contributed by atoms with Gasteiger partial charge in [0.25, 0.3) is 5.91 Å².